The van der Waals surface area contributed by atoms with Crippen molar-refractivity contribution >= 4 is 5.91 Å². The highest BCUT2D eigenvalue weighted by molar-refractivity contribution is 5.75. The maximum atomic E-state index is 11.3. The molecule has 1 aliphatic rings. The van der Waals surface area contributed by atoms with Crippen molar-refractivity contribution in [2.75, 3.05) is 27.2 Å². The lowest BCUT2D eigenvalue weighted by atomic mass is 9.75. The molecule has 2 unspecified atom stereocenters. The molecule has 4 nitrogen and oxygen atoms in total. The van der Waals surface area contributed by atoms with E-state index in [-0.39, 0.29) is 11.4 Å². The molecule has 1 aliphatic carbocycles. The van der Waals surface area contributed by atoms with E-state index in [0.29, 0.717) is 13.0 Å². The van der Waals surface area contributed by atoms with Gasteiger partial charge >= 0.3 is 0 Å². The Kier molecular flexibility index (Phi) is 5.40. The number of nitrogens with two attached hydrogens (primary N) is 1. The standard InChI is InChI=1S/C13H27N3O/c1-11-5-4-7-13(9-11,10-14)16(3)8-6-12(17)15-2/h11H,4-10,14H2,1-3H3,(H,15,17). The van der Waals surface area contributed by atoms with E-state index in [9.17, 15) is 4.79 Å². The lowest BCUT2D eigenvalue weighted by Crippen LogP contribution is -2.55. The lowest BCUT2D eigenvalue weighted by molar-refractivity contribution is -0.121. The molecule has 100 valence electrons. The SMILES string of the molecule is CNC(=O)CCN(C)C1(CN)CCCC(C)C1. The molecule has 17 heavy (non-hydrogen) atoms. The molecule has 0 aromatic heterocycles. The minimum Gasteiger partial charge on any atom is -0.359 e. The van der Waals surface area contributed by atoms with E-state index in [1.165, 1.54) is 12.8 Å². The Hall–Kier alpha value is -0.610. The van der Waals surface area contributed by atoms with Crippen LogP contribution in [0.25, 0.3) is 0 Å². The Morgan fingerprint density at radius 1 is 1.59 bits per heavy atom. The van der Waals surface area contributed by atoms with Gasteiger partial charge in [-0.1, -0.05) is 19.8 Å². The fourth-order valence-electron chi connectivity index (χ4n) is 2.95. The van der Waals surface area contributed by atoms with E-state index in [0.717, 1.165) is 25.3 Å². The molecule has 0 aromatic rings. The van der Waals surface area contributed by atoms with Crippen LogP contribution in [0.1, 0.15) is 39.0 Å². The van der Waals surface area contributed by atoms with E-state index < -0.39 is 0 Å². The molecule has 0 heterocycles. The molecule has 1 saturated carbocycles. The normalized spacial score (nSPS) is 29.4. The number of carbonyl (C=O) groups is 1. The molecule has 3 N–H and O–H groups in total. The second-order valence-electron chi connectivity index (χ2n) is 5.47. The minimum atomic E-state index is 0.105. The van der Waals surface area contributed by atoms with Gasteiger partial charge in [0.25, 0.3) is 0 Å². The zero-order chi connectivity index (χ0) is 12.9. The summed E-state index contributed by atoms with van der Waals surface area (Å²) >= 11 is 0. The number of carbonyl (C=O) groups excluding carboxylic acids is 1. The summed E-state index contributed by atoms with van der Waals surface area (Å²) in [7, 11) is 3.79. The first-order chi connectivity index (χ1) is 8.04. The summed E-state index contributed by atoms with van der Waals surface area (Å²) < 4.78 is 0. The van der Waals surface area contributed by atoms with Crippen LogP contribution >= 0.6 is 0 Å². The molecule has 0 radical (unpaired) electrons. The fraction of sp³-hybridized carbons (Fsp3) is 0.923. The van der Waals surface area contributed by atoms with Crippen LogP contribution in [-0.4, -0.2) is 43.5 Å². The average Bonchev–Trinajstić information content (AvgIpc) is 2.35. The van der Waals surface area contributed by atoms with Gasteiger partial charge in [-0.25, -0.2) is 0 Å². The Bertz CT molecular complexity index is 257. The Morgan fingerprint density at radius 3 is 2.82 bits per heavy atom. The van der Waals surface area contributed by atoms with Crippen molar-refractivity contribution in [3.8, 4) is 0 Å². The third-order valence-corrected chi connectivity index (χ3v) is 4.21. The number of nitrogens with one attached hydrogen (secondary N) is 1. The Labute approximate surface area is 105 Å². The topological polar surface area (TPSA) is 58.4 Å². The van der Waals surface area contributed by atoms with Crippen LogP contribution in [-0.2, 0) is 4.79 Å². The van der Waals surface area contributed by atoms with Crippen molar-refractivity contribution in [2.24, 2.45) is 11.7 Å². The molecule has 2 atom stereocenters. The summed E-state index contributed by atoms with van der Waals surface area (Å²) in [4.78, 5) is 13.6. The summed E-state index contributed by atoms with van der Waals surface area (Å²) in [6.45, 7) is 3.79. The van der Waals surface area contributed by atoms with Crippen LogP contribution in [0, 0.1) is 5.92 Å². The molecule has 4 heteroatoms. The highest BCUT2D eigenvalue weighted by atomic mass is 16.1. The minimum absolute atomic E-state index is 0.105. The van der Waals surface area contributed by atoms with Gasteiger partial charge in [-0.15, -0.1) is 0 Å². The maximum Gasteiger partial charge on any atom is 0.221 e. The third-order valence-electron chi connectivity index (χ3n) is 4.21. The van der Waals surface area contributed by atoms with Gasteiger partial charge in [-0.2, -0.15) is 0 Å². The molecule has 0 aliphatic heterocycles. The van der Waals surface area contributed by atoms with E-state index in [4.69, 9.17) is 5.73 Å². The van der Waals surface area contributed by atoms with Crippen LogP contribution in [0.3, 0.4) is 0 Å². The maximum absolute atomic E-state index is 11.3. The fourth-order valence-corrected chi connectivity index (χ4v) is 2.95. The molecule has 0 saturated heterocycles. The lowest BCUT2D eigenvalue weighted by Gasteiger charge is -2.46. The van der Waals surface area contributed by atoms with Crippen molar-refractivity contribution in [2.45, 2.75) is 44.6 Å². The first-order valence-corrected chi connectivity index (χ1v) is 6.66. The van der Waals surface area contributed by atoms with Crippen LogP contribution in [0.4, 0.5) is 0 Å². The van der Waals surface area contributed by atoms with Crippen molar-refractivity contribution in [1.29, 1.82) is 0 Å². The van der Waals surface area contributed by atoms with E-state index in [1.54, 1.807) is 7.05 Å². The van der Waals surface area contributed by atoms with Crippen LogP contribution in [0.5, 0.6) is 0 Å². The van der Waals surface area contributed by atoms with Gasteiger partial charge in [0, 0.05) is 32.1 Å². The highest BCUT2D eigenvalue weighted by Gasteiger charge is 2.37. The molecule has 1 rings (SSSR count). The number of likely N-dealkylation sites (N-methyl/N-ethyl adjacent to an activating group) is 1. The van der Waals surface area contributed by atoms with Gasteiger partial charge in [0.05, 0.1) is 0 Å². The Balaban J connectivity index is 2.55. The van der Waals surface area contributed by atoms with Crippen molar-refractivity contribution in [1.82, 2.24) is 10.2 Å². The van der Waals surface area contributed by atoms with Crippen molar-refractivity contribution in [3.05, 3.63) is 0 Å². The zero-order valence-electron chi connectivity index (χ0n) is 11.5. The van der Waals surface area contributed by atoms with Gasteiger partial charge in [0.15, 0.2) is 0 Å². The second kappa shape index (κ2) is 6.36. The smallest absolute Gasteiger partial charge is 0.221 e. The van der Waals surface area contributed by atoms with Gasteiger partial charge in [0.2, 0.25) is 5.91 Å². The van der Waals surface area contributed by atoms with Crippen LogP contribution in [0.2, 0.25) is 0 Å². The molecule has 1 fully saturated rings. The molecule has 0 spiro atoms. The zero-order valence-corrected chi connectivity index (χ0v) is 11.5. The second-order valence-corrected chi connectivity index (χ2v) is 5.47. The summed E-state index contributed by atoms with van der Waals surface area (Å²) in [5.41, 5.74) is 6.11. The van der Waals surface area contributed by atoms with E-state index in [2.05, 4.69) is 24.2 Å². The van der Waals surface area contributed by atoms with E-state index in [1.807, 2.05) is 0 Å². The highest BCUT2D eigenvalue weighted by Crippen LogP contribution is 2.35. The van der Waals surface area contributed by atoms with Crippen LogP contribution in [0.15, 0.2) is 0 Å². The first kappa shape index (κ1) is 14.5. The largest absolute Gasteiger partial charge is 0.359 e. The Morgan fingerprint density at radius 2 is 2.29 bits per heavy atom. The number of hydrogen-bond donors (Lipinski definition) is 2. The molecule has 0 bridgehead atoms. The van der Waals surface area contributed by atoms with Crippen LogP contribution < -0.4 is 11.1 Å². The van der Waals surface area contributed by atoms with E-state index >= 15 is 0 Å². The summed E-state index contributed by atoms with van der Waals surface area (Å²) in [5, 5.41) is 2.67. The van der Waals surface area contributed by atoms with Crippen molar-refractivity contribution in [3.63, 3.8) is 0 Å². The molecule has 1 amide bonds. The molecular weight excluding hydrogens is 214 g/mol. The monoisotopic (exact) mass is 241 g/mol. The average molecular weight is 241 g/mol. The summed E-state index contributed by atoms with van der Waals surface area (Å²) in [5.74, 6) is 0.850. The van der Waals surface area contributed by atoms with Gasteiger partial charge in [0.1, 0.15) is 0 Å². The summed E-state index contributed by atoms with van der Waals surface area (Å²) in [6, 6.07) is 0. The predicted molar refractivity (Wildman–Crippen MR) is 70.7 cm³/mol. The molecule has 0 aromatic carbocycles. The van der Waals surface area contributed by atoms with Crippen molar-refractivity contribution < 1.29 is 4.79 Å². The van der Waals surface area contributed by atoms with Gasteiger partial charge in [-0.3, -0.25) is 9.69 Å². The predicted octanol–water partition coefficient (Wildman–Crippen LogP) is 0.962. The third kappa shape index (κ3) is 3.68. The number of amides is 1. The number of nitrogens with zero attached hydrogens (tertiary/aromatic N) is 1. The number of hydrogen-bond acceptors (Lipinski definition) is 3. The number of rotatable bonds is 5. The first-order valence-electron chi connectivity index (χ1n) is 6.66. The molecular formula is C13H27N3O. The quantitative estimate of drug-likeness (QED) is 0.754. The van der Waals surface area contributed by atoms with Gasteiger partial charge < -0.3 is 11.1 Å². The van der Waals surface area contributed by atoms with Gasteiger partial charge in [-0.05, 0) is 25.8 Å². The summed E-state index contributed by atoms with van der Waals surface area (Å²) in [6.07, 6.45) is 5.45.